The van der Waals surface area contributed by atoms with Gasteiger partial charge in [0.05, 0.1) is 23.8 Å². The highest BCUT2D eigenvalue weighted by Crippen LogP contribution is 2.38. The normalized spacial score (nSPS) is 11.7. The lowest BCUT2D eigenvalue weighted by Crippen LogP contribution is -2.14. The number of hydrogen-bond donors (Lipinski definition) is 1. The van der Waals surface area contributed by atoms with E-state index in [9.17, 15) is 31.1 Å². The second kappa shape index (κ2) is 9.57. The average molecular weight is 533 g/mol. The van der Waals surface area contributed by atoms with Crippen LogP contribution in [0.15, 0.2) is 53.7 Å². The van der Waals surface area contributed by atoms with E-state index in [1.807, 2.05) is 0 Å². The number of tetrazole rings is 1. The molecule has 3 aromatic heterocycles. The molecule has 0 bridgehead atoms. The summed E-state index contributed by atoms with van der Waals surface area (Å²) >= 11 is 0. The molecule has 5 aromatic rings. The third-order valence-corrected chi connectivity index (χ3v) is 5.44. The first-order chi connectivity index (χ1) is 18.1. The Morgan fingerprint density at radius 3 is 2.45 bits per heavy atom. The van der Waals surface area contributed by atoms with Crippen LogP contribution in [0.4, 0.5) is 26.3 Å². The fourth-order valence-corrected chi connectivity index (χ4v) is 3.70. The lowest BCUT2D eigenvalue weighted by Gasteiger charge is -2.15. The number of benzene rings is 2. The van der Waals surface area contributed by atoms with Crippen LogP contribution >= 0.6 is 0 Å². The number of rotatable bonds is 6. The van der Waals surface area contributed by atoms with Gasteiger partial charge in [-0.2, -0.15) is 23.4 Å². The molecule has 0 saturated carbocycles. The summed E-state index contributed by atoms with van der Waals surface area (Å²) in [4.78, 5) is 19.8. The molecule has 0 spiro atoms. The van der Waals surface area contributed by atoms with Crippen molar-refractivity contribution in [1.82, 2.24) is 35.2 Å². The number of aromatic amines is 1. The van der Waals surface area contributed by atoms with E-state index in [0.717, 1.165) is 24.7 Å². The van der Waals surface area contributed by atoms with Crippen molar-refractivity contribution in [2.45, 2.75) is 19.1 Å². The highest BCUT2D eigenvalue weighted by molar-refractivity contribution is 5.79. The van der Waals surface area contributed by atoms with E-state index in [1.54, 1.807) is 0 Å². The molecule has 0 atom stereocenters. The molecular formula is C23H13F6N7O2. The van der Waals surface area contributed by atoms with Crippen LogP contribution in [0, 0.1) is 17.5 Å². The first-order valence-corrected chi connectivity index (χ1v) is 10.7. The maximum atomic E-state index is 14.1. The van der Waals surface area contributed by atoms with Gasteiger partial charge in [0.2, 0.25) is 5.88 Å². The number of hydrogen-bond acceptors (Lipinski definition) is 7. The van der Waals surface area contributed by atoms with Gasteiger partial charge in [-0.1, -0.05) is 5.21 Å². The largest absolute Gasteiger partial charge is 0.438 e. The van der Waals surface area contributed by atoms with Gasteiger partial charge < -0.3 is 9.30 Å². The molecule has 38 heavy (non-hydrogen) atoms. The summed E-state index contributed by atoms with van der Waals surface area (Å²) in [7, 11) is 0. The molecule has 0 saturated heterocycles. The van der Waals surface area contributed by atoms with Crippen molar-refractivity contribution in [1.29, 1.82) is 0 Å². The molecule has 0 amide bonds. The molecule has 15 heteroatoms. The Morgan fingerprint density at radius 1 is 1.00 bits per heavy atom. The molecule has 5 rings (SSSR count). The van der Waals surface area contributed by atoms with Crippen LogP contribution in [0.3, 0.4) is 0 Å². The number of alkyl halides is 3. The molecule has 194 valence electrons. The third-order valence-electron chi connectivity index (χ3n) is 5.44. The Hall–Kier alpha value is -4.82. The minimum Gasteiger partial charge on any atom is -0.438 e. The smallest absolute Gasteiger partial charge is 0.421 e. The van der Waals surface area contributed by atoms with Crippen LogP contribution in [-0.4, -0.2) is 35.2 Å². The highest BCUT2D eigenvalue weighted by atomic mass is 19.4. The topological polar surface area (TPSA) is 111 Å². The van der Waals surface area contributed by atoms with E-state index in [0.29, 0.717) is 12.1 Å². The summed E-state index contributed by atoms with van der Waals surface area (Å²) in [6.45, 7) is -0.441. The van der Waals surface area contributed by atoms with E-state index in [4.69, 9.17) is 4.74 Å². The monoisotopic (exact) mass is 533 g/mol. The van der Waals surface area contributed by atoms with E-state index >= 15 is 0 Å². The Labute approximate surface area is 207 Å². The Bertz CT molecular complexity index is 1680. The van der Waals surface area contributed by atoms with E-state index in [-0.39, 0.29) is 34.5 Å². The van der Waals surface area contributed by atoms with Crippen LogP contribution in [-0.2, 0) is 19.1 Å². The maximum Gasteiger partial charge on any atom is 0.421 e. The zero-order valence-electron chi connectivity index (χ0n) is 18.8. The molecule has 0 fully saturated rings. The zero-order valence-corrected chi connectivity index (χ0v) is 18.8. The number of nitrogens with zero attached hydrogens (tertiary/aromatic N) is 6. The summed E-state index contributed by atoms with van der Waals surface area (Å²) in [6.07, 6.45) is -2.70. The number of ether oxygens (including phenoxy) is 1. The first-order valence-electron chi connectivity index (χ1n) is 10.7. The van der Waals surface area contributed by atoms with Crippen LogP contribution in [0.1, 0.15) is 22.5 Å². The second-order valence-corrected chi connectivity index (χ2v) is 8.01. The van der Waals surface area contributed by atoms with Crippen molar-refractivity contribution in [3.05, 3.63) is 99.2 Å². The van der Waals surface area contributed by atoms with Crippen molar-refractivity contribution >= 4 is 10.9 Å². The number of H-pyrrole nitrogens is 1. The number of pyridine rings is 1. The van der Waals surface area contributed by atoms with Gasteiger partial charge in [-0.15, -0.1) is 10.2 Å². The second-order valence-electron chi connectivity index (χ2n) is 8.01. The van der Waals surface area contributed by atoms with Gasteiger partial charge in [-0.05, 0) is 29.8 Å². The minimum atomic E-state index is -4.83. The molecule has 3 heterocycles. The van der Waals surface area contributed by atoms with Crippen LogP contribution in [0.2, 0.25) is 0 Å². The molecule has 0 radical (unpaired) electrons. The fraction of sp³-hybridized carbons (Fsp3) is 0.130. The van der Waals surface area contributed by atoms with E-state index in [1.165, 1.54) is 16.7 Å². The molecule has 1 N–H and O–H groups in total. The van der Waals surface area contributed by atoms with Gasteiger partial charge in [0.25, 0.3) is 5.56 Å². The van der Waals surface area contributed by atoms with Crippen molar-refractivity contribution in [3.63, 3.8) is 0 Å². The Balaban J connectivity index is 1.49. The van der Waals surface area contributed by atoms with Crippen LogP contribution in [0.5, 0.6) is 11.6 Å². The minimum absolute atomic E-state index is 0.0662. The molecule has 0 unspecified atom stereocenters. The van der Waals surface area contributed by atoms with Crippen LogP contribution < -0.4 is 10.3 Å². The summed E-state index contributed by atoms with van der Waals surface area (Å²) < 4.78 is 89.4. The summed E-state index contributed by atoms with van der Waals surface area (Å²) in [6, 6.07) is 5.56. The van der Waals surface area contributed by atoms with Crippen molar-refractivity contribution in [2.24, 2.45) is 0 Å². The SMILES string of the molecule is O=c1ncn(Cc2c(F)cc(F)cc2F)c2ccc(Oc3ncc(Cc4nn[nH]n4)cc3C(F)(F)F)cc12. The van der Waals surface area contributed by atoms with Gasteiger partial charge >= 0.3 is 6.18 Å². The van der Waals surface area contributed by atoms with Gasteiger partial charge in [-0.25, -0.2) is 18.2 Å². The predicted octanol–water partition coefficient (Wildman–Crippen LogP) is 4.17. The van der Waals surface area contributed by atoms with Gasteiger partial charge in [-0.3, -0.25) is 4.79 Å². The third kappa shape index (κ3) is 5.02. The first kappa shape index (κ1) is 24.9. The van der Waals surface area contributed by atoms with Gasteiger partial charge in [0, 0.05) is 30.3 Å². The lowest BCUT2D eigenvalue weighted by molar-refractivity contribution is -0.138. The Morgan fingerprint density at radius 2 is 1.76 bits per heavy atom. The standard InChI is InChI=1S/C23H13F6N7O2/c24-12-5-17(25)15(18(26)6-12)9-36-10-31-21(37)14-7-13(1-2-19(14)36)38-22-16(23(27,28)29)3-11(8-30-22)4-20-32-34-35-33-20/h1-3,5-8,10H,4,9H2,(H,32,33,34,35). The Kier molecular flexibility index (Phi) is 6.26. The molecular weight excluding hydrogens is 520 g/mol. The number of halogens is 6. The maximum absolute atomic E-state index is 14.1. The lowest BCUT2D eigenvalue weighted by atomic mass is 10.1. The van der Waals surface area contributed by atoms with Crippen molar-refractivity contribution in [3.8, 4) is 11.6 Å². The number of fused-ring (bicyclic) bond motifs is 1. The highest BCUT2D eigenvalue weighted by Gasteiger charge is 2.36. The summed E-state index contributed by atoms with van der Waals surface area (Å²) in [5, 5.41) is 12.8. The van der Waals surface area contributed by atoms with Crippen molar-refractivity contribution < 1.29 is 31.1 Å². The number of aromatic nitrogens is 7. The van der Waals surface area contributed by atoms with Gasteiger partial charge in [0.15, 0.2) is 5.82 Å². The zero-order chi connectivity index (χ0) is 27.0. The molecule has 9 nitrogen and oxygen atoms in total. The summed E-state index contributed by atoms with van der Waals surface area (Å²) in [5.41, 5.74) is -2.11. The molecule has 2 aromatic carbocycles. The molecule has 0 aliphatic rings. The molecule has 0 aliphatic heterocycles. The summed E-state index contributed by atoms with van der Waals surface area (Å²) in [5.74, 6) is -4.15. The molecule has 0 aliphatic carbocycles. The average Bonchev–Trinajstić information content (AvgIpc) is 3.36. The quantitative estimate of drug-likeness (QED) is 0.326. The predicted molar refractivity (Wildman–Crippen MR) is 118 cm³/mol. The van der Waals surface area contributed by atoms with E-state index in [2.05, 4.69) is 30.6 Å². The number of nitrogens with one attached hydrogen (secondary N) is 1. The van der Waals surface area contributed by atoms with Gasteiger partial charge in [0.1, 0.15) is 28.8 Å². The van der Waals surface area contributed by atoms with E-state index < -0.39 is 52.7 Å². The van der Waals surface area contributed by atoms with Crippen molar-refractivity contribution in [2.75, 3.05) is 0 Å². The van der Waals surface area contributed by atoms with Crippen LogP contribution in [0.25, 0.3) is 10.9 Å². The fourth-order valence-electron chi connectivity index (χ4n) is 3.70.